The van der Waals surface area contributed by atoms with Crippen LogP contribution in [0, 0.1) is 0 Å². The number of sulfonamides is 1. The van der Waals surface area contributed by atoms with Gasteiger partial charge in [-0.2, -0.15) is 0 Å². The van der Waals surface area contributed by atoms with Crippen molar-refractivity contribution < 1.29 is 8.42 Å². The molecule has 8 heteroatoms. The van der Waals surface area contributed by atoms with Crippen LogP contribution in [0.1, 0.15) is 12.8 Å². The second kappa shape index (κ2) is 4.38. The molecule has 1 N–H and O–H groups in total. The predicted octanol–water partition coefficient (Wildman–Crippen LogP) is 0.915. The molecular formula is C8H14ClN3O2S2. The van der Waals surface area contributed by atoms with Crippen molar-refractivity contribution in [1.82, 2.24) is 14.7 Å². The van der Waals surface area contributed by atoms with E-state index in [1.807, 2.05) is 0 Å². The Balaban J connectivity index is 2.14. The zero-order valence-corrected chi connectivity index (χ0v) is 11.4. The van der Waals surface area contributed by atoms with Crippen LogP contribution in [-0.4, -0.2) is 43.3 Å². The molecule has 0 amide bonds. The fourth-order valence-electron chi connectivity index (χ4n) is 1.40. The lowest BCUT2D eigenvalue weighted by molar-refractivity contribution is 0.0907. The zero-order valence-electron chi connectivity index (χ0n) is 9.05. The Morgan fingerprint density at radius 2 is 2.19 bits per heavy atom. The number of hydrogen-bond acceptors (Lipinski definition) is 5. The fourth-order valence-corrected chi connectivity index (χ4v) is 4.98. The Kier molecular flexibility index (Phi) is 3.42. The van der Waals surface area contributed by atoms with Gasteiger partial charge in [0.2, 0.25) is 14.7 Å². The van der Waals surface area contributed by atoms with E-state index >= 15 is 0 Å². The smallest absolute Gasteiger partial charge is 0.244 e. The predicted molar refractivity (Wildman–Crippen MR) is 65.9 cm³/mol. The summed E-state index contributed by atoms with van der Waals surface area (Å²) in [5.74, 6) is 0. The van der Waals surface area contributed by atoms with Crippen molar-refractivity contribution in [1.29, 1.82) is 0 Å². The molecule has 0 radical (unpaired) electrons. The molecule has 1 saturated carbocycles. The summed E-state index contributed by atoms with van der Waals surface area (Å²) >= 11 is 7.16. The van der Waals surface area contributed by atoms with E-state index in [9.17, 15) is 8.42 Å². The molecule has 2 rings (SSSR count). The quantitative estimate of drug-likeness (QED) is 0.778. The summed E-state index contributed by atoms with van der Waals surface area (Å²) in [6.07, 6.45) is 1.86. The van der Waals surface area contributed by atoms with E-state index < -0.39 is 14.7 Å². The normalized spacial score (nSPS) is 26.4. The maximum absolute atomic E-state index is 12.1. The molecule has 1 aliphatic heterocycles. The van der Waals surface area contributed by atoms with Crippen LogP contribution in [0.3, 0.4) is 0 Å². The first-order chi connectivity index (χ1) is 7.42. The summed E-state index contributed by atoms with van der Waals surface area (Å²) in [4.78, 5) is 0. The molecule has 0 saturated heterocycles. The lowest BCUT2D eigenvalue weighted by Crippen LogP contribution is -2.47. The van der Waals surface area contributed by atoms with Crippen molar-refractivity contribution in [2.45, 2.75) is 23.6 Å². The van der Waals surface area contributed by atoms with Crippen molar-refractivity contribution in [2.24, 2.45) is 0 Å². The molecule has 1 atom stereocenters. The summed E-state index contributed by atoms with van der Waals surface area (Å²) in [7, 11) is 0.168. The first-order valence-electron chi connectivity index (χ1n) is 4.90. The average molecular weight is 284 g/mol. The SMILES string of the molecule is CN(C)N1C(Cl)=CSC1S(=O)(=O)NC1CC1. The average Bonchev–Trinajstić information content (AvgIpc) is 2.84. The van der Waals surface area contributed by atoms with Crippen LogP contribution < -0.4 is 4.72 Å². The molecule has 0 aromatic rings. The highest BCUT2D eigenvalue weighted by atomic mass is 35.5. The van der Waals surface area contributed by atoms with Crippen LogP contribution >= 0.6 is 23.4 Å². The van der Waals surface area contributed by atoms with E-state index in [1.165, 1.54) is 11.8 Å². The maximum Gasteiger partial charge on any atom is 0.244 e. The second-order valence-electron chi connectivity index (χ2n) is 4.01. The molecule has 1 heterocycles. The van der Waals surface area contributed by atoms with Crippen molar-refractivity contribution in [3.63, 3.8) is 0 Å². The summed E-state index contributed by atoms with van der Waals surface area (Å²) in [6.45, 7) is 0. The van der Waals surface area contributed by atoms with Crippen LogP contribution in [0.25, 0.3) is 0 Å². The summed E-state index contributed by atoms with van der Waals surface area (Å²) < 4.78 is 26.1. The molecule has 16 heavy (non-hydrogen) atoms. The van der Waals surface area contributed by atoms with Gasteiger partial charge in [-0.25, -0.2) is 18.1 Å². The minimum Gasteiger partial charge on any atom is -0.265 e. The van der Waals surface area contributed by atoms with Gasteiger partial charge in [-0.3, -0.25) is 5.01 Å². The van der Waals surface area contributed by atoms with Crippen LogP contribution in [0.5, 0.6) is 0 Å². The summed E-state index contributed by atoms with van der Waals surface area (Å²) in [5, 5.41) is 5.31. The Morgan fingerprint density at radius 1 is 1.56 bits per heavy atom. The fraction of sp³-hybridized carbons (Fsp3) is 0.750. The Morgan fingerprint density at radius 3 is 2.69 bits per heavy atom. The Bertz CT molecular complexity index is 406. The van der Waals surface area contributed by atoms with E-state index in [4.69, 9.17) is 11.6 Å². The molecule has 0 aromatic carbocycles. The van der Waals surface area contributed by atoms with Gasteiger partial charge in [-0.1, -0.05) is 23.4 Å². The van der Waals surface area contributed by atoms with Gasteiger partial charge in [0.15, 0.2) is 0 Å². The first kappa shape index (κ1) is 12.5. The topological polar surface area (TPSA) is 52.7 Å². The Labute approximate surface area is 105 Å². The molecule has 1 fully saturated rings. The van der Waals surface area contributed by atoms with Crippen LogP contribution in [0.4, 0.5) is 0 Å². The highest BCUT2D eigenvalue weighted by molar-refractivity contribution is 8.14. The molecule has 1 unspecified atom stereocenters. The standard InChI is InChI=1S/C8H14ClN3O2S2/c1-11(2)12-7(9)5-15-8(12)16(13,14)10-6-3-4-6/h5-6,8,10H,3-4H2,1-2H3. The third-order valence-corrected chi connectivity index (χ3v) is 5.99. The minimum atomic E-state index is -3.36. The van der Waals surface area contributed by atoms with Crippen LogP contribution in [0.2, 0.25) is 0 Å². The molecule has 2 aliphatic rings. The van der Waals surface area contributed by atoms with Crippen molar-refractivity contribution in [2.75, 3.05) is 14.1 Å². The molecule has 5 nitrogen and oxygen atoms in total. The van der Waals surface area contributed by atoms with Crippen molar-refractivity contribution in [3.05, 3.63) is 10.6 Å². The van der Waals surface area contributed by atoms with Gasteiger partial charge in [0, 0.05) is 25.5 Å². The highest BCUT2D eigenvalue weighted by Crippen LogP contribution is 2.37. The van der Waals surface area contributed by atoms with Crippen LogP contribution in [0.15, 0.2) is 10.6 Å². The number of rotatable bonds is 4. The Hall–Kier alpha value is 0.0500. The molecule has 0 spiro atoms. The zero-order chi connectivity index (χ0) is 11.9. The van der Waals surface area contributed by atoms with E-state index in [-0.39, 0.29) is 6.04 Å². The molecular weight excluding hydrogens is 270 g/mol. The largest absolute Gasteiger partial charge is 0.265 e. The molecule has 0 bridgehead atoms. The monoisotopic (exact) mass is 283 g/mol. The lowest BCUT2D eigenvalue weighted by atomic mass is 10.8. The molecule has 1 aliphatic carbocycles. The number of nitrogens with one attached hydrogen (secondary N) is 1. The second-order valence-corrected chi connectivity index (χ2v) is 7.42. The minimum absolute atomic E-state index is 0.119. The highest BCUT2D eigenvalue weighted by Gasteiger charge is 2.40. The summed E-state index contributed by atoms with van der Waals surface area (Å²) in [5.41, 5.74) is 0. The van der Waals surface area contributed by atoms with Crippen molar-refractivity contribution >= 4 is 33.4 Å². The third-order valence-electron chi connectivity index (χ3n) is 2.30. The van der Waals surface area contributed by atoms with E-state index in [0.717, 1.165) is 12.8 Å². The van der Waals surface area contributed by atoms with Gasteiger partial charge >= 0.3 is 0 Å². The molecule has 0 aromatic heterocycles. The van der Waals surface area contributed by atoms with Crippen LogP contribution in [-0.2, 0) is 10.0 Å². The number of nitrogens with zero attached hydrogens (tertiary/aromatic N) is 2. The lowest BCUT2D eigenvalue weighted by Gasteiger charge is -2.31. The van der Waals surface area contributed by atoms with E-state index in [2.05, 4.69) is 4.72 Å². The number of hydrogen-bond donors (Lipinski definition) is 1. The number of thioether (sulfide) groups is 1. The van der Waals surface area contributed by atoms with Gasteiger partial charge in [0.1, 0.15) is 5.16 Å². The van der Waals surface area contributed by atoms with Gasteiger partial charge < -0.3 is 0 Å². The summed E-state index contributed by atoms with van der Waals surface area (Å²) in [6, 6.07) is 0.119. The third kappa shape index (κ3) is 2.48. The first-order valence-corrected chi connectivity index (χ1v) is 7.77. The van der Waals surface area contributed by atoms with Gasteiger partial charge in [0.25, 0.3) is 0 Å². The molecule has 92 valence electrons. The van der Waals surface area contributed by atoms with E-state index in [1.54, 1.807) is 29.5 Å². The van der Waals surface area contributed by atoms with E-state index in [0.29, 0.717) is 5.16 Å². The van der Waals surface area contributed by atoms with Crippen molar-refractivity contribution in [3.8, 4) is 0 Å². The number of hydrazine groups is 1. The van der Waals surface area contributed by atoms with Gasteiger partial charge in [0.05, 0.1) is 0 Å². The number of halogens is 1. The van der Waals surface area contributed by atoms with Gasteiger partial charge in [-0.05, 0) is 12.8 Å². The maximum atomic E-state index is 12.1. The van der Waals surface area contributed by atoms with Gasteiger partial charge in [-0.15, -0.1) is 0 Å².